The lowest BCUT2D eigenvalue weighted by molar-refractivity contribution is -0.122. The smallest absolute Gasteiger partial charge is 0.234 e. The minimum atomic E-state index is 0.0811. The second kappa shape index (κ2) is 8.82. The molecule has 0 atom stereocenters. The second-order valence-corrected chi connectivity index (χ2v) is 6.86. The van der Waals surface area contributed by atoms with E-state index in [-0.39, 0.29) is 5.91 Å². The van der Waals surface area contributed by atoms with Gasteiger partial charge in [-0.3, -0.25) is 9.69 Å². The maximum atomic E-state index is 12.2. The van der Waals surface area contributed by atoms with Crippen molar-refractivity contribution in [2.75, 3.05) is 51.3 Å². The third-order valence-electron chi connectivity index (χ3n) is 4.34. The number of thiazole rings is 1. The molecule has 1 aliphatic rings. The number of para-hydroxylation sites is 1. The van der Waals surface area contributed by atoms with Crippen LogP contribution in [0.4, 0.5) is 5.13 Å². The molecule has 3 rings (SSSR count). The predicted octanol–water partition coefficient (Wildman–Crippen LogP) is 1.63. The van der Waals surface area contributed by atoms with Crippen LogP contribution >= 0.6 is 11.3 Å². The Labute approximate surface area is 152 Å². The zero-order chi connectivity index (χ0) is 17.5. The number of carbonyl (C=O) groups is 1. The fourth-order valence-corrected chi connectivity index (χ4v) is 3.67. The average molecular weight is 360 g/mol. The van der Waals surface area contributed by atoms with Crippen LogP contribution in [0.3, 0.4) is 0 Å². The number of ether oxygens (including phenoxy) is 1. The summed E-state index contributed by atoms with van der Waals surface area (Å²) in [6, 6.07) is 7.91. The number of anilines is 1. The molecule has 0 bridgehead atoms. The van der Waals surface area contributed by atoms with Crippen LogP contribution < -0.4 is 15.0 Å². The predicted molar refractivity (Wildman–Crippen MR) is 100 cm³/mol. The van der Waals surface area contributed by atoms with Crippen molar-refractivity contribution in [1.82, 2.24) is 15.2 Å². The van der Waals surface area contributed by atoms with Crippen LogP contribution in [0.15, 0.2) is 35.8 Å². The van der Waals surface area contributed by atoms with Crippen molar-refractivity contribution in [1.29, 1.82) is 0 Å². The molecule has 0 radical (unpaired) electrons. The molecule has 25 heavy (non-hydrogen) atoms. The van der Waals surface area contributed by atoms with Gasteiger partial charge in [-0.1, -0.05) is 18.2 Å². The molecular formula is C18H24N4O2S. The molecule has 1 aromatic heterocycles. The fraction of sp³-hybridized carbons (Fsp3) is 0.444. The molecule has 1 aromatic carbocycles. The highest BCUT2D eigenvalue weighted by atomic mass is 32.1. The molecule has 1 saturated heterocycles. The summed E-state index contributed by atoms with van der Waals surface area (Å²) in [5.41, 5.74) is 1.11. The first-order valence-electron chi connectivity index (χ1n) is 8.51. The van der Waals surface area contributed by atoms with Gasteiger partial charge < -0.3 is 15.0 Å². The summed E-state index contributed by atoms with van der Waals surface area (Å²) in [5.74, 6) is 0.952. The molecule has 2 aromatic rings. The van der Waals surface area contributed by atoms with E-state index in [9.17, 15) is 4.79 Å². The summed E-state index contributed by atoms with van der Waals surface area (Å²) in [4.78, 5) is 21.0. The topological polar surface area (TPSA) is 57.7 Å². The van der Waals surface area contributed by atoms with Crippen molar-refractivity contribution < 1.29 is 9.53 Å². The number of nitrogens with one attached hydrogen (secondary N) is 1. The van der Waals surface area contributed by atoms with E-state index >= 15 is 0 Å². The van der Waals surface area contributed by atoms with Crippen molar-refractivity contribution in [2.24, 2.45) is 0 Å². The number of nitrogens with zero attached hydrogens (tertiary/aromatic N) is 3. The van der Waals surface area contributed by atoms with Crippen LogP contribution in [0.5, 0.6) is 5.75 Å². The molecule has 1 amide bonds. The SMILES string of the molecule is COc1ccccc1CCNC(=O)CN1CCN(c2nccs2)CC1. The summed E-state index contributed by atoms with van der Waals surface area (Å²) in [6.45, 7) is 4.69. The standard InChI is InChI=1S/C18H24N4O2S/c1-24-16-5-3-2-4-15(16)6-7-19-17(23)14-21-9-11-22(12-10-21)18-20-8-13-25-18/h2-5,8,13H,6-7,9-12,14H2,1H3,(H,19,23). The van der Waals surface area contributed by atoms with Crippen LogP contribution in [-0.4, -0.2) is 62.2 Å². The Balaban J connectivity index is 1.37. The van der Waals surface area contributed by atoms with Gasteiger partial charge in [0, 0.05) is 44.3 Å². The highest BCUT2D eigenvalue weighted by molar-refractivity contribution is 7.13. The van der Waals surface area contributed by atoms with Gasteiger partial charge in [0.15, 0.2) is 5.13 Å². The molecule has 0 saturated carbocycles. The van der Waals surface area contributed by atoms with Crippen molar-refractivity contribution in [3.63, 3.8) is 0 Å². The van der Waals surface area contributed by atoms with E-state index in [1.54, 1.807) is 18.4 Å². The number of rotatable bonds is 7. The minimum absolute atomic E-state index is 0.0811. The summed E-state index contributed by atoms with van der Waals surface area (Å²) in [5, 5.41) is 6.08. The molecule has 134 valence electrons. The lowest BCUT2D eigenvalue weighted by atomic mass is 10.1. The molecule has 6 nitrogen and oxygen atoms in total. The highest BCUT2D eigenvalue weighted by Crippen LogP contribution is 2.19. The van der Waals surface area contributed by atoms with Gasteiger partial charge in [-0.25, -0.2) is 4.98 Å². The van der Waals surface area contributed by atoms with Crippen molar-refractivity contribution in [3.8, 4) is 5.75 Å². The zero-order valence-electron chi connectivity index (χ0n) is 14.5. The second-order valence-electron chi connectivity index (χ2n) is 5.99. The normalized spacial score (nSPS) is 15.2. The van der Waals surface area contributed by atoms with E-state index in [0.29, 0.717) is 13.1 Å². The lowest BCUT2D eigenvalue weighted by Crippen LogP contribution is -2.49. The van der Waals surface area contributed by atoms with Gasteiger partial charge in [-0.2, -0.15) is 0 Å². The Morgan fingerprint density at radius 2 is 2.08 bits per heavy atom. The molecule has 2 heterocycles. The monoisotopic (exact) mass is 360 g/mol. The Kier molecular flexibility index (Phi) is 6.25. The first kappa shape index (κ1) is 17.7. The number of methoxy groups -OCH3 is 1. The van der Waals surface area contributed by atoms with E-state index in [1.165, 1.54) is 0 Å². The van der Waals surface area contributed by atoms with Crippen molar-refractivity contribution in [3.05, 3.63) is 41.4 Å². The van der Waals surface area contributed by atoms with E-state index in [1.807, 2.05) is 35.8 Å². The van der Waals surface area contributed by atoms with Crippen LogP contribution in [0.2, 0.25) is 0 Å². The van der Waals surface area contributed by atoms with Gasteiger partial charge in [0.1, 0.15) is 5.75 Å². The van der Waals surface area contributed by atoms with Crippen molar-refractivity contribution >= 4 is 22.4 Å². The molecule has 1 fully saturated rings. The third kappa shape index (κ3) is 4.93. The Morgan fingerprint density at radius 1 is 1.28 bits per heavy atom. The maximum absolute atomic E-state index is 12.2. The average Bonchev–Trinajstić information content (AvgIpc) is 3.17. The van der Waals surface area contributed by atoms with Crippen LogP contribution in [0.25, 0.3) is 0 Å². The first-order valence-corrected chi connectivity index (χ1v) is 9.39. The fourth-order valence-electron chi connectivity index (χ4n) is 2.97. The Hall–Kier alpha value is -2.12. The van der Waals surface area contributed by atoms with E-state index in [4.69, 9.17) is 4.74 Å². The third-order valence-corrected chi connectivity index (χ3v) is 5.17. The maximum Gasteiger partial charge on any atom is 0.234 e. The Bertz CT molecular complexity index is 669. The van der Waals surface area contributed by atoms with Gasteiger partial charge in [0.25, 0.3) is 0 Å². The Morgan fingerprint density at radius 3 is 2.80 bits per heavy atom. The van der Waals surface area contributed by atoms with Gasteiger partial charge in [-0.15, -0.1) is 11.3 Å². The van der Waals surface area contributed by atoms with Crippen molar-refractivity contribution in [2.45, 2.75) is 6.42 Å². The number of hydrogen-bond acceptors (Lipinski definition) is 6. The van der Waals surface area contributed by atoms with Gasteiger partial charge in [0.05, 0.1) is 13.7 Å². The van der Waals surface area contributed by atoms with E-state index < -0.39 is 0 Å². The van der Waals surface area contributed by atoms with Crippen LogP contribution in [-0.2, 0) is 11.2 Å². The number of piperazine rings is 1. The number of carbonyl (C=O) groups excluding carboxylic acids is 1. The van der Waals surface area contributed by atoms with E-state index in [2.05, 4.69) is 20.1 Å². The van der Waals surface area contributed by atoms with Crippen LogP contribution in [0, 0.1) is 0 Å². The van der Waals surface area contributed by atoms with E-state index in [0.717, 1.165) is 49.0 Å². The summed E-state index contributed by atoms with van der Waals surface area (Å²) < 4.78 is 5.34. The molecule has 0 aliphatic carbocycles. The quantitative estimate of drug-likeness (QED) is 0.813. The highest BCUT2D eigenvalue weighted by Gasteiger charge is 2.20. The lowest BCUT2D eigenvalue weighted by Gasteiger charge is -2.34. The summed E-state index contributed by atoms with van der Waals surface area (Å²) in [7, 11) is 1.67. The molecule has 1 N–H and O–H groups in total. The largest absolute Gasteiger partial charge is 0.496 e. The minimum Gasteiger partial charge on any atom is -0.496 e. The first-order chi connectivity index (χ1) is 12.3. The molecule has 7 heteroatoms. The van der Waals surface area contributed by atoms with Gasteiger partial charge >= 0.3 is 0 Å². The molecular weight excluding hydrogens is 336 g/mol. The summed E-state index contributed by atoms with van der Waals surface area (Å²) >= 11 is 1.66. The molecule has 0 spiro atoms. The van der Waals surface area contributed by atoms with Crippen LogP contribution in [0.1, 0.15) is 5.56 Å². The number of hydrogen-bond donors (Lipinski definition) is 1. The number of aromatic nitrogens is 1. The molecule has 1 aliphatic heterocycles. The summed E-state index contributed by atoms with van der Waals surface area (Å²) in [6.07, 6.45) is 2.61. The van der Waals surface area contributed by atoms with Gasteiger partial charge in [-0.05, 0) is 18.1 Å². The number of benzene rings is 1. The van der Waals surface area contributed by atoms with Gasteiger partial charge in [0.2, 0.25) is 5.91 Å². The zero-order valence-corrected chi connectivity index (χ0v) is 15.3. The number of amides is 1. The molecule has 0 unspecified atom stereocenters.